The maximum absolute atomic E-state index is 12.2. The van der Waals surface area contributed by atoms with E-state index in [1.807, 2.05) is 12.1 Å². The Morgan fingerprint density at radius 2 is 1.64 bits per heavy atom. The average Bonchev–Trinajstić information content (AvgIpc) is 3.10. The van der Waals surface area contributed by atoms with Gasteiger partial charge in [-0.15, -0.1) is 12.4 Å². The van der Waals surface area contributed by atoms with Crippen molar-refractivity contribution in [3.05, 3.63) is 54.1 Å². The average molecular weight is 424 g/mol. The second-order valence-corrected chi connectivity index (χ2v) is 9.42. The van der Waals surface area contributed by atoms with Crippen LogP contribution in [0.1, 0.15) is 25.3 Å². The van der Waals surface area contributed by atoms with Crippen LogP contribution in [-0.2, 0) is 21.0 Å². The zero-order chi connectivity index (χ0) is 19.3. The van der Waals surface area contributed by atoms with Crippen molar-refractivity contribution in [2.24, 2.45) is 0 Å². The van der Waals surface area contributed by atoms with Gasteiger partial charge in [0.25, 0.3) is 0 Å². The molecule has 1 aliphatic heterocycles. The number of rotatable bonds is 8. The molecule has 0 aliphatic carbocycles. The first kappa shape index (κ1) is 22.9. The molecule has 1 saturated heterocycles. The zero-order valence-electron chi connectivity index (χ0n) is 16.6. The molecule has 0 N–H and O–H groups in total. The van der Waals surface area contributed by atoms with Gasteiger partial charge in [0.15, 0.2) is 9.84 Å². The lowest BCUT2D eigenvalue weighted by molar-refractivity contribution is 0.217. The van der Waals surface area contributed by atoms with Crippen LogP contribution in [0.5, 0.6) is 0 Å². The molecule has 2 aromatic rings. The second kappa shape index (κ2) is 10.4. The van der Waals surface area contributed by atoms with Gasteiger partial charge in [-0.25, -0.2) is 8.42 Å². The summed E-state index contributed by atoms with van der Waals surface area (Å²) in [5.41, 5.74) is 3.48. The molecule has 0 radical (unpaired) electrons. The van der Waals surface area contributed by atoms with Crippen LogP contribution in [0.3, 0.4) is 0 Å². The minimum atomic E-state index is -3.28. The number of sulfone groups is 1. The number of nitrogens with zero attached hydrogens (tertiary/aromatic N) is 1. The maximum Gasteiger partial charge on any atom is 0.180 e. The van der Waals surface area contributed by atoms with E-state index in [-0.39, 0.29) is 24.8 Å². The molecule has 28 heavy (non-hydrogen) atoms. The van der Waals surface area contributed by atoms with E-state index in [4.69, 9.17) is 4.74 Å². The smallest absolute Gasteiger partial charge is 0.180 e. The third-order valence-corrected chi connectivity index (χ3v) is 7.13. The summed E-state index contributed by atoms with van der Waals surface area (Å²) in [4.78, 5) is 2.91. The van der Waals surface area contributed by atoms with Crippen molar-refractivity contribution in [1.82, 2.24) is 4.90 Å². The SMILES string of the molecule is COCCS(=O)(=O)c1ccc(-c2ccc(CCN3CCC[C@H]3C)cc2)cc1.Cl. The predicted molar refractivity (Wildman–Crippen MR) is 117 cm³/mol. The lowest BCUT2D eigenvalue weighted by atomic mass is 10.0. The van der Waals surface area contributed by atoms with E-state index < -0.39 is 9.84 Å². The van der Waals surface area contributed by atoms with Crippen molar-refractivity contribution in [1.29, 1.82) is 0 Å². The van der Waals surface area contributed by atoms with E-state index in [0.29, 0.717) is 10.9 Å². The largest absolute Gasteiger partial charge is 0.384 e. The number of halogens is 1. The standard InChI is InChI=1S/C22H29NO3S.ClH/c1-18-4-3-14-23(18)15-13-19-5-7-20(8-6-19)21-9-11-22(12-10-21)27(24,25)17-16-26-2;/h5-12,18H,3-4,13-17H2,1-2H3;1H/t18-;/m1./s1. The first-order chi connectivity index (χ1) is 13.0. The van der Waals surface area contributed by atoms with Gasteiger partial charge in [-0.3, -0.25) is 0 Å². The van der Waals surface area contributed by atoms with E-state index in [1.165, 1.54) is 32.1 Å². The number of hydrogen-bond donors (Lipinski definition) is 0. The molecule has 1 aliphatic rings. The summed E-state index contributed by atoms with van der Waals surface area (Å²) >= 11 is 0. The summed E-state index contributed by atoms with van der Waals surface area (Å²) in [6.07, 6.45) is 3.70. The fourth-order valence-corrected chi connectivity index (χ4v) is 4.80. The number of methoxy groups -OCH3 is 1. The van der Waals surface area contributed by atoms with Crippen LogP contribution in [0.2, 0.25) is 0 Å². The van der Waals surface area contributed by atoms with E-state index in [9.17, 15) is 8.42 Å². The fourth-order valence-electron chi connectivity index (χ4n) is 3.63. The van der Waals surface area contributed by atoms with Gasteiger partial charge < -0.3 is 9.64 Å². The number of benzene rings is 2. The Morgan fingerprint density at radius 1 is 1.04 bits per heavy atom. The van der Waals surface area contributed by atoms with E-state index in [1.54, 1.807) is 12.1 Å². The Kier molecular flexibility index (Phi) is 8.50. The summed E-state index contributed by atoms with van der Waals surface area (Å²) in [5, 5.41) is 0. The number of ether oxygens (including phenoxy) is 1. The van der Waals surface area contributed by atoms with Gasteiger partial charge in [-0.2, -0.15) is 0 Å². The normalized spacial score (nSPS) is 17.4. The van der Waals surface area contributed by atoms with Gasteiger partial charge in [0.2, 0.25) is 0 Å². The highest BCUT2D eigenvalue weighted by atomic mass is 35.5. The highest BCUT2D eigenvalue weighted by Crippen LogP contribution is 2.23. The van der Waals surface area contributed by atoms with Gasteiger partial charge in [0, 0.05) is 19.7 Å². The predicted octanol–water partition coefficient (Wildman–Crippen LogP) is 4.22. The van der Waals surface area contributed by atoms with E-state index in [2.05, 4.69) is 36.1 Å². The summed E-state index contributed by atoms with van der Waals surface area (Å²) in [7, 11) is -1.77. The van der Waals surface area contributed by atoms with Crippen LogP contribution in [-0.4, -0.2) is 51.9 Å². The lowest BCUT2D eigenvalue weighted by Gasteiger charge is -2.20. The van der Waals surface area contributed by atoms with Crippen LogP contribution in [0.15, 0.2) is 53.4 Å². The maximum atomic E-state index is 12.2. The van der Waals surface area contributed by atoms with Crippen LogP contribution in [0.4, 0.5) is 0 Å². The van der Waals surface area contributed by atoms with Crippen LogP contribution in [0.25, 0.3) is 11.1 Å². The molecule has 0 bridgehead atoms. The van der Waals surface area contributed by atoms with Crippen molar-refractivity contribution >= 4 is 22.2 Å². The monoisotopic (exact) mass is 423 g/mol. The minimum absolute atomic E-state index is 0. The van der Waals surface area contributed by atoms with Crippen molar-refractivity contribution in [2.45, 2.75) is 37.1 Å². The molecule has 0 saturated carbocycles. The zero-order valence-corrected chi connectivity index (χ0v) is 18.3. The number of likely N-dealkylation sites (tertiary alicyclic amines) is 1. The van der Waals surface area contributed by atoms with Gasteiger partial charge in [0.05, 0.1) is 17.3 Å². The molecule has 0 unspecified atom stereocenters. The second-order valence-electron chi connectivity index (χ2n) is 7.31. The summed E-state index contributed by atoms with van der Waals surface area (Å²) < 4.78 is 29.3. The van der Waals surface area contributed by atoms with E-state index >= 15 is 0 Å². The molecule has 1 heterocycles. The molecule has 2 aromatic carbocycles. The van der Waals surface area contributed by atoms with Crippen LogP contribution >= 0.6 is 12.4 Å². The summed E-state index contributed by atoms with van der Waals surface area (Å²) in [6, 6.07) is 16.4. The molecule has 3 rings (SSSR count). The van der Waals surface area contributed by atoms with Crippen molar-refractivity contribution in [3.8, 4) is 11.1 Å². The Labute approximate surface area is 175 Å². The first-order valence-corrected chi connectivity index (χ1v) is 11.3. The molecule has 1 atom stereocenters. The van der Waals surface area contributed by atoms with Gasteiger partial charge in [-0.1, -0.05) is 36.4 Å². The molecular weight excluding hydrogens is 394 g/mol. The fraction of sp³-hybridized carbons (Fsp3) is 0.455. The Bertz CT molecular complexity index is 835. The van der Waals surface area contributed by atoms with E-state index in [0.717, 1.165) is 24.1 Å². The molecular formula is C22H30ClNO3S. The van der Waals surface area contributed by atoms with Crippen LogP contribution in [0, 0.1) is 0 Å². The van der Waals surface area contributed by atoms with Crippen LogP contribution < -0.4 is 0 Å². The van der Waals surface area contributed by atoms with Gasteiger partial charge in [0.1, 0.15) is 0 Å². The topological polar surface area (TPSA) is 46.6 Å². The highest BCUT2D eigenvalue weighted by molar-refractivity contribution is 7.91. The van der Waals surface area contributed by atoms with Gasteiger partial charge >= 0.3 is 0 Å². The number of hydrogen-bond acceptors (Lipinski definition) is 4. The first-order valence-electron chi connectivity index (χ1n) is 9.65. The highest BCUT2D eigenvalue weighted by Gasteiger charge is 2.19. The Balaban J connectivity index is 0.00000280. The third-order valence-electron chi connectivity index (χ3n) is 5.44. The molecule has 0 spiro atoms. The third kappa shape index (κ3) is 5.80. The molecule has 6 heteroatoms. The van der Waals surface area contributed by atoms with Crippen molar-refractivity contribution in [3.63, 3.8) is 0 Å². The molecule has 0 amide bonds. The van der Waals surface area contributed by atoms with Crippen molar-refractivity contribution < 1.29 is 13.2 Å². The lowest BCUT2D eigenvalue weighted by Crippen LogP contribution is -2.28. The summed E-state index contributed by atoms with van der Waals surface area (Å²) in [6.45, 7) is 4.87. The summed E-state index contributed by atoms with van der Waals surface area (Å²) in [5.74, 6) is 0.00712. The molecule has 4 nitrogen and oxygen atoms in total. The van der Waals surface area contributed by atoms with Crippen molar-refractivity contribution in [2.75, 3.05) is 32.6 Å². The minimum Gasteiger partial charge on any atom is -0.384 e. The molecule has 154 valence electrons. The Hall–Kier alpha value is -1.40. The molecule has 1 fully saturated rings. The molecule has 0 aromatic heterocycles. The van der Waals surface area contributed by atoms with Gasteiger partial charge in [-0.05, 0) is 61.6 Å². The quantitative estimate of drug-likeness (QED) is 0.637. The Morgan fingerprint density at radius 3 is 2.18 bits per heavy atom.